The molecule has 35 heavy (non-hydrogen) atoms. The van der Waals surface area contributed by atoms with Crippen molar-refractivity contribution in [3.63, 3.8) is 0 Å². The molecule has 4 fully saturated rings. The van der Waals surface area contributed by atoms with E-state index < -0.39 is 29.1 Å². The Labute approximate surface area is 211 Å². The molecule has 0 heterocycles. The molecule has 0 saturated heterocycles. The number of carbonyl (C=O) groups excluding carboxylic acids is 1. The molecule has 5 aliphatic rings. The number of aliphatic hydroxyl groups excluding tert-OH is 4. The highest BCUT2D eigenvalue weighted by atomic mass is 16.3. The lowest BCUT2D eigenvalue weighted by molar-refractivity contribution is -0.239. The highest BCUT2D eigenvalue weighted by molar-refractivity contribution is 5.66. The summed E-state index contributed by atoms with van der Waals surface area (Å²) in [4.78, 5) is 12.7. The largest absolute Gasteiger partial charge is 0.393 e. The highest BCUT2D eigenvalue weighted by Gasteiger charge is 2.72. The average Bonchev–Trinajstić information content (AvgIpc) is 2.76. The normalized spacial score (nSPS) is 56.5. The summed E-state index contributed by atoms with van der Waals surface area (Å²) in [7, 11) is 0. The van der Waals surface area contributed by atoms with Crippen molar-refractivity contribution in [3.05, 3.63) is 11.6 Å². The van der Waals surface area contributed by atoms with Gasteiger partial charge in [-0.05, 0) is 89.8 Å². The maximum absolute atomic E-state index is 12.7. The van der Waals surface area contributed by atoms with E-state index in [9.17, 15) is 25.2 Å². The summed E-state index contributed by atoms with van der Waals surface area (Å²) in [6, 6.07) is 0. The fourth-order valence-electron chi connectivity index (χ4n) is 10.7. The van der Waals surface area contributed by atoms with E-state index in [1.807, 2.05) is 13.8 Å². The monoisotopic (exact) mass is 488 g/mol. The Kier molecular flexibility index (Phi) is 5.49. The predicted molar refractivity (Wildman–Crippen MR) is 135 cm³/mol. The molecule has 0 radical (unpaired) electrons. The number of hydrogen-bond acceptors (Lipinski definition) is 5. The molecule has 5 aliphatic carbocycles. The third kappa shape index (κ3) is 2.88. The van der Waals surface area contributed by atoms with E-state index >= 15 is 0 Å². The van der Waals surface area contributed by atoms with Crippen molar-refractivity contribution >= 4 is 6.29 Å². The van der Waals surface area contributed by atoms with E-state index in [1.54, 1.807) is 0 Å². The predicted octanol–water partition coefficient (Wildman–Crippen LogP) is 4.26. The van der Waals surface area contributed by atoms with Crippen LogP contribution in [-0.4, -0.2) is 51.1 Å². The second kappa shape index (κ2) is 7.42. The maximum atomic E-state index is 12.7. The van der Waals surface area contributed by atoms with Crippen molar-refractivity contribution in [3.8, 4) is 0 Å². The van der Waals surface area contributed by atoms with Crippen LogP contribution < -0.4 is 0 Å². The van der Waals surface area contributed by atoms with Crippen molar-refractivity contribution in [1.82, 2.24) is 0 Å². The Morgan fingerprint density at radius 1 is 0.829 bits per heavy atom. The molecule has 198 valence electrons. The number of allylic oxidation sites excluding steroid dienone is 2. The number of hydrogen-bond donors (Lipinski definition) is 4. The van der Waals surface area contributed by atoms with Gasteiger partial charge in [-0.2, -0.15) is 0 Å². The van der Waals surface area contributed by atoms with Gasteiger partial charge in [-0.25, -0.2) is 0 Å². The first-order valence-electron chi connectivity index (χ1n) is 13.9. The SMILES string of the molecule is CC1(C)CC2C3=CCC4[C@@]5(C)CC[C@H](O)C(C)(C)C5CC[C@@]4(C)C3(C)CC(O)[C@@]2(C=O)C(O)[C@@H]1O. The Morgan fingerprint density at radius 2 is 1.49 bits per heavy atom. The summed E-state index contributed by atoms with van der Waals surface area (Å²) in [5, 5.41) is 44.8. The zero-order valence-electron chi connectivity index (χ0n) is 22.8. The van der Waals surface area contributed by atoms with Gasteiger partial charge in [0.2, 0.25) is 0 Å². The average molecular weight is 489 g/mol. The van der Waals surface area contributed by atoms with Crippen LogP contribution in [0.25, 0.3) is 0 Å². The van der Waals surface area contributed by atoms with E-state index in [2.05, 4.69) is 40.7 Å². The molecule has 4 N–H and O–H groups in total. The van der Waals surface area contributed by atoms with Crippen molar-refractivity contribution in [2.75, 3.05) is 0 Å². The standard InChI is InChI=1S/C30H48O5/c1-25(2)14-18-17-8-9-20-27(5)12-11-21(32)26(3,4)19(27)10-13-28(20,6)29(17,7)15-22(33)30(18,16-31)24(35)23(25)34/h8,16,18-24,32-35H,9-15H2,1-7H3/t18?,19?,20?,21-,22?,23-,24?,27-,28+,29?,30-/m0/s1. The number of aldehydes is 1. The van der Waals surface area contributed by atoms with Crippen LogP contribution in [0.1, 0.15) is 93.4 Å². The van der Waals surface area contributed by atoms with Gasteiger partial charge in [0, 0.05) is 0 Å². The van der Waals surface area contributed by atoms with Crippen LogP contribution in [0.5, 0.6) is 0 Å². The molecule has 0 aromatic rings. The van der Waals surface area contributed by atoms with E-state index in [0.29, 0.717) is 24.7 Å². The van der Waals surface area contributed by atoms with Crippen LogP contribution in [-0.2, 0) is 4.79 Å². The molecule has 5 heteroatoms. The Morgan fingerprint density at radius 3 is 2.11 bits per heavy atom. The summed E-state index contributed by atoms with van der Waals surface area (Å²) in [6.45, 7) is 15.6. The topological polar surface area (TPSA) is 98.0 Å². The number of rotatable bonds is 1. The maximum Gasteiger partial charge on any atom is 0.132 e. The minimum atomic E-state index is -1.36. The van der Waals surface area contributed by atoms with Crippen molar-refractivity contribution in [2.24, 2.45) is 50.2 Å². The summed E-state index contributed by atoms with van der Waals surface area (Å²) >= 11 is 0. The van der Waals surface area contributed by atoms with Crippen molar-refractivity contribution < 1.29 is 25.2 Å². The molecule has 0 bridgehead atoms. The van der Waals surface area contributed by atoms with Gasteiger partial charge in [0.1, 0.15) is 6.29 Å². The quantitative estimate of drug-likeness (QED) is 0.327. The summed E-state index contributed by atoms with van der Waals surface area (Å²) in [5.41, 5.74) is -1.05. The van der Waals surface area contributed by atoms with Gasteiger partial charge in [0.15, 0.2) is 0 Å². The van der Waals surface area contributed by atoms with Crippen LogP contribution in [0.4, 0.5) is 0 Å². The molecular weight excluding hydrogens is 440 g/mol. The fraction of sp³-hybridized carbons (Fsp3) is 0.900. The van der Waals surface area contributed by atoms with Gasteiger partial charge in [0.25, 0.3) is 0 Å². The molecule has 4 saturated carbocycles. The second-order valence-electron chi connectivity index (χ2n) is 15.1. The minimum Gasteiger partial charge on any atom is -0.393 e. The highest BCUT2D eigenvalue weighted by Crippen LogP contribution is 2.75. The Hall–Kier alpha value is -0.750. The molecule has 0 amide bonds. The molecule has 6 unspecified atom stereocenters. The third-order valence-corrected chi connectivity index (χ3v) is 13.2. The molecule has 5 rings (SSSR count). The molecule has 11 atom stereocenters. The van der Waals surface area contributed by atoms with Crippen LogP contribution >= 0.6 is 0 Å². The van der Waals surface area contributed by atoms with Crippen molar-refractivity contribution in [1.29, 1.82) is 0 Å². The van der Waals surface area contributed by atoms with Crippen molar-refractivity contribution in [2.45, 2.75) is 118 Å². The number of carbonyl (C=O) groups is 1. The second-order valence-corrected chi connectivity index (χ2v) is 15.1. The lowest BCUT2D eigenvalue weighted by atomic mass is 9.33. The zero-order chi connectivity index (χ0) is 26.0. The molecular formula is C30H48O5. The van der Waals surface area contributed by atoms with Gasteiger partial charge >= 0.3 is 0 Å². The molecule has 0 spiro atoms. The number of aliphatic hydroxyl groups is 4. The Balaban J connectivity index is 1.64. The molecule has 5 nitrogen and oxygen atoms in total. The first kappa shape index (κ1) is 25.9. The van der Waals surface area contributed by atoms with Gasteiger partial charge in [-0.3, -0.25) is 0 Å². The van der Waals surface area contributed by atoms with Gasteiger partial charge < -0.3 is 25.2 Å². The molecule has 0 aromatic heterocycles. The zero-order valence-corrected chi connectivity index (χ0v) is 22.8. The van der Waals surface area contributed by atoms with E-state index in [4.69, 9.17) is 0 Å². The summed E-state index contributed by atoms with van der Waals surface area (Å²) < 4.78 is 0. The Bertz CT molecular complexity index is 939. The third-order valence-electron chi connectivity index (χ3n) is 13.2. The smallest absolute Gasteiger partial charge is 0.132 e. The molecule has 0 aromatic carbocycles. The summed E-state index contributed by atoms with van der Waals surface area (Å²) in [6.07, 6.45) is 5.40. The van der Waals surface area contributed by atoms with E-state index in [0.717, 1.165) is 38.4 Å². The lowest BCUT2D eigenvalue weighted by Crippen LogP contribution is -2.71. The van der Waals surface area contributed by atoms with E-state index in [-0.39, 0.29) is 33.7 Å². The lowest BCUT2D eigenvalue weighted by Gasteiger charge is -2.72. The summed E-state index contributed by atoms with van der Waals surface area (Å²) in [5.74, 6) is 0.593. The van der Waals surface area contributed by atoms with Crippen LogP contribution in [0, 0.1) is 50.2 Å². The number of fused-ring (bicyclic) bond motifs is 7. The van der Waals surface area contributed by atoms with Gasteiger partial charge in [-0.15, -0.1) is 0 Å². The molecule has 0 aliphatic heterocycles. The van der Waals surface area contributed by atoms with Gasteiger partial charge in [0.05, 0.1) is 29.8 Å². The van der Waals surface area contributed by atoms with E-state index in [1.165, 1.54) is 5.57 Å². The first-order chi connectivity index (χ1) is 16.0. The van der Waals surface area contributed by atoms with Crippen LogP contribution in [0.2, 0.25) is 0 Å². The van der Waals surface area contributed by atoms with Gasteiger partial charge in [-0.1, -0.05) is 60.1 Å². The van der Waals surface area contributed by atoms with Crippen LogP contribution in [0.3, 0.4) is 0 Å². The minimum absolute atomic E-state index is 0.0537. The first-order valence-corrected chi connectivity index (χ1v) is 13.9. The van der Waals surface area contributed by atoms with Crippen LogP contribution in [0.15, 0.2) is 11.6 Å². The fourth-order valence-corrected chi connectivity index (χ4v) is 10.7.